The fraction of sp³-hybridized carbons (Fsp3) is 0.300. The molecule has 27 heavy (non-hydrogen) atoms. The summed E-state index contributed by atoms with van der Waals surface area (Å²) in [7, 11) is 0. The van der Waals surface area contributed by atoms with E-state index in [0.29, 0.717) is 30.6 Å². The van der Waals surface area contributed by atoms with E-state index in [1.807, 2.05) is 18.2 Å². The minimum atomic E-state index is -0.522. The molecule has 1 atom stereocenters. The number of nitro benzene ring substituents is 1. The average molecular weight is 367 g/mol. The maximum atomic E-state index is 12.9. The van der Waals surface area contributed by atoms with E-state index in [0.717, 1.165) is 0 Å². The maximum absolute atomic E-state index is 12.9. The molecule has 7 heteroatoms. The number of nitro groups is 1. The highest BCUT2D eigenvalue weighted by Crippen LogP contribution is 2.27. The molecule has 0 spiro atoms. The van der Waals surface area contributed by atoms with Crippen LogP contribution in [0.4, 0.5) is 11.4 Å². The number of aryl methyl sites for hydroxylation is 1. The Morgan fingerprint density at radius 3 is 2.59 bits per heavy atom. The number of likely N-dealkylation sites (tertiary alicyclic amines) is 1. The number of benzene rings is 2. The van der Waals surface area contributed by atoms with Gasteiger partial charge in [-0.2, -0.15) is 0 Å². The summed E-state index contributed by atoms with van der Waals surface area (Å²) in [6.45, 7) is 2.35. The largest absolute Gasteiger partial charge is 0.338 e. The molecule has 1 N–H and O–H groups in total. The van der Waals surface area contributed by atoms with E-state index < -0.39 is 10.8 Å². The Kier molecular flexibility index (Phi) is 5.49. The van der Waals surface area contributed by atoms with Gasteiger partial charge in [0, 0.05) is 24.3 Å². The SMILES string of the molecule is Cc1cccc(C(=O)N2CCCC(C(=O)Nc3ccccc3)C2)c1[N+](=O)[O-]. The molecule has 1 heterocycles. The van der Waals surface area contributed by atoms with Crippen molar-refractivity contribution in [3.8, 4) is 0 Å². The summed E-state index contributed by atoms with van der Waals surface area (Å²) in [5.41, 5.74) is 1.06. The Hall–Kier alpha value is -3.22. The number of anilines is 1. The summed E-state index contributed by atoms with van der Waals surface area (Å²) in [5.74, 6) is -0.883. The molecule has 3 rings (SSSR count). The maximum Gasteiger partial charge on any atom is 0.285 e. The van der Waals surface area contributed by atoms with E-state index in [9.17, 15) is 19.7 Å². The van der Waals surface area contributed by atoms with Crippen LogP contribution in [-0.2, 0) is 4.79 Å². The first-order chi connectivity index (χ1) is 13.0. The van der Waals surface area contributed by atoms with E-state index in [1.54, 1.807) is 36.1 Å². The van der Waals surface area contributed by atoms with Crippen LogP contribution >= 0.6 is 0 Å². The van der Waals surface area contributed by atoms with Gasteiger partial charge in [0.05, 0.1) is 10.8 Å². The number of piperidine rings is 1. The van der Waals surface area contributed by atoms with Crippen LogP contribution in [0.15, 0.2) is 48.5 Å². The molecule has 1 aliphatic rings. The van der Waals surface area contributed by atoms with Crippen LogP contribution in [0.5, 0.6) is 0 Å². The lowest BCUT2D eigenvalue weighted by Crippen LogP contribution is -2.44. The van der Waals surface area contributed by atoms with Crippen molar-refractivity contribution in [1.29, 1.82) is 0 Å². The lowest BCUT2D eigenvalue weighted by Gasteiger charge is -2.32. The summed E-state index contributed by atoms with van der Waals surface area (Å²) in [6.07, 6.45) is 1.36. The molecular formula is C20H21N3O4. The zero-order chi connectivity index (χ0) is 19.4. The Morgan fingerprint density at radius 2 is 1.89 bits per heavy atom. The smallest absolute Gasteiger partial charge is 0.285 e. The highest BCUT2D eigenvalue weighted by atomic mass is 16.6. The van der Waals surface area contributed by atoms with E-state index in [2.05, 4.69) is 5.32 Å². The third kappa shape index (κ3) is 4.13. The van der Waals surface area contributed by atoms with Crippen molar-refractivity contribution in [3.05, 3.63) is 69.8 Å². The van der Waals surface area contributed by atoms with Crippen LogP contribution < -0.4 is 5.32 Å². The van der Waals surface area contributed by atoms with Gasteiger partial charge in [-0.15, -0.1) is 0 Å². The Labute approximate surface area is 157 Å². The third-order valence-electron chi connectivity index (χ3n) is 4.77. The van der Waals surface area contributed by atoms with Gasteiger partial charge >= 0.3 is 0 Å². The topological polar surface area (TPSA) is 92.6 Å². The Morgan fingerprint density at radius 1 is 1.15 bits per heavy atom. The molecule has 140 valence electrons. The third-order valence-corrected chi connectivity index (χ3v) is 4.77. The monoisotopic (exact) mass is 367 g/mol. The molecule has 0 aromatic heterocycles. The number of nitrogens with zero attached hydrogens (tertiary/aromatic N) is 2. The minimum absolute atomic E-state index is 0.0733. The van der Waals surface area contributed by atoms with Gasteiger partial charge in [-0.1, -0.05) is 30.3 Å². The standard InChI is InChI=1S/C20H21N3O4/c1-14-7-5-11-17(18(14)23(26)27)20(25)22-12-6-8-15(13-22)19(24)21-16-9-3-2-4-10-16/h2-5,7,9-11,15H,6,8,12-13H2,1H3,(H,21,24). The second-order valence-electron chi connectivity index (χ2n) is 6.67. The van der Waals surface area contributed by atoms with E-state index in [-0.39, 0.29) is 29.6 Å². The van der Waals surface area contributed by atoms with Gasteiger partial charge < -0.3 is 10.2 Å². The van der Waals surface area contributed by atoms with Gasteiger partial charge in [0.2, 0.25) is 5.91 Å². The van der Waals surface area contributed by atoms with E-state index >= 15 is 0 Å². The first-order valence-corrected chi connectivity index (χ1v) is 8.86. The number of carbonyl (C=O) groups excluding carboxylic acids is 2. The van der Waals surface area contributed by atoms with E-state index in [1.165, 1.54) is 6.07 Å². The first-order valence-electron chi connectivity index (χ1n) is 8.86. The zero-order valence-corrected chi connectivity index (χ0v) is 15.1. The molecule has 0 saturated carbocycles. The zero-order valence-electron chi connectivity index (χ0n) is 15.1. The molecule has 0 bridgehead atoms. The molecular weight excluding hydrogens is 346 g/mol. The van der Waals surface area contributed by atoms with Gasteiger partial charge in [-0.25, -0.2) is 0 Å². The molecule has 2 aromatic carbocycles. The second kappa shape index (κ2) is 7.99. The average Bonchev–Trinajstić information content (AvgIpc) is 2.67. The molecule has 1 aliphatic heterocycles. The Bertz CT molecular complexity index is 867. The lowest BCUT2D eigenvalue weighted by atomic mass is 9.96. The van der Waals surface area contributed by atoms with Crippen LogP contribution in [0.2, 0.25) is 0 Å². The van der Waals surface area contributed by atoms with Crippen molar-refractivity contribution >= 4 is 23.2 Å². The predicted octanol–water partition coefficient (Wildman–Crippen LogP) is 3.39. The molecule has 7 nitrogen and oxygen atoms in total. The minimum Gasteiger partial charge on any atom is -0.338 e. The van der Waals surface area contributed by atoms with Gasteiger partial charge in [-0.05, 0) is 38.0 Å². The normalized spacial score (nSPS) is 16.6. The van der Waals surface area contributed by atoms with Crippen LogP contribution in [0.1, 0.15) is 28.8 Å². The van der Waals surface area contributed by atoms with Gasteiger partial charge in [0.15, 0.2) is 0 Å². The molecule has 2 amide bonds. The molecule has 0 radical (unpaired) electrons. The van der Waals surface area contributed by atoms with Crippen molar-refractivity contribution in [3.63, 3.8) is 0 Å². The fourth-order valence-electron chi connectivity index (χ4n) is 3.39. The van der Waals surface area contributed by atoms with Gasteiger partial charge in [0.1, 0.15) is 5.56 Å². The van der Waals surface area contributed by atoms with Gasteiger partial charge in [-0.3, -0.25) is 19.7 Å². The van der Waals surface area contributed by atoms with Crippen molar-refractivity contribution in [2.45, 2.75) is 19.8 Å². The first kappa shape index (κ1) is 18.6. The molecule has 0 aliphatic carbocycles. The van der Waals surface area contributed by atoms with E-state index in [4.69, 9.17) is 0 Å². The molecule has 1 saturated heterocycles. The van der Waals surface area contributed by atoms with Crippen LogP contribution in [-0.4, -0.2) is 34.7 Å². The van der Waals surface area contributed by atoms with Crippen molar-refractivity contribution in [1.82, 2.24) is 4.90 Å². The van der Waals surface area contributed by atoms with Crippen molar-refractivity contribution in [2.24, 2.45) is 5.92 Å². The second-order valence-corrected chi connectivity index (χ2v) is 6.67. The van der Waals surface area contributed by atoms with Crippen LogP contribution in [0.25, 0.3) is 0 Å². The highest BCUT2D eigenvalue weighted by Gasteiger charge is 2.32. The number of hydrogen-bond acceptors (Lipinski definition) is 4. The number of rotatable bonds is 4. The predicted molar refractivity (Wildman–Crippen MR) is 102 cm³/mol. The van der Waals surface area contributed by atoms with Crippen molar-refractivity contribution < 1.29 is 14.5 Å². The summed E-state index contributed by atoms with van der Waals surface area (Å²) in [6, 6.07) is 13.9. The molecule has 1 fully saturated rings. The van der Waals surface area contributed by atoms with Gasteiger partial charge in [0.25, 0.3) is 11.6 Å². The van der Waals surface area contributed by atoms with Crippen LogP contribution in [0.3, 0.4) is 0 Å². The number of carbonyl (C=O) groups is 2. The fourth-order valence-corrected chi connectivity index (χ4v) is 3.39. The Balaban J connectivity index is 1.75. The summed E-state index contributed by atoms with van der Waals surface area (Å²) in [5, 5.41) is 14.2. The number of nitrogens with one attached hydrogen (secondary N) is 1. The molecule has 2 aromatic rings. The quantitative estimate of drug-likeness (QED) is 0.662. The lowest BCUT2D eigenvalue weighted by molar-refractivity contribution is -0.385. The highest BCUT2D eigenvalue weighted by molar-refractivity contribution is 5.99. The molecule has 1 unspecified atom stereocenters. The summed E-state index contributed by atoms with van der Waals surface area (Å²) in [4.78, 5) is 37.8. The van der Waals surface area contributed by atoms with Crippen molar-refractivity contribution in [2.75, 3.05) is 18.4 Å². The summed E-state index contributed by atoms with van der Waals surface area (Å²) < 4.78 is 0. The number of para-hydroxylation sites is 2. The number of hydrogen-bond donors (Lipinski definition) is 1. The summed E-state index contributed by atoms with van der Waals surface area (Å²) >= 11 is 0. The number of amides is 2. The van der Waals surface area contributed by atoms with Crippen LogP contribution in [0, 0.1) is 23.0 Å².